The van der Waals surface area contributed by atoms with Gasteiger partial charge in [0, 0.05) is 25.2 Å². The standard InChI is InChI=1S/C16H23NO2/c1-12-4-3-5-13(2)16(12)17-10-8-14(9-11-17)6-7-15(18)19/h3-5,14H,6-11H2,1-2H3,(H,18,19). The first kappa shape index (κ1) is 13.9. The number of aliphatic carboxylic acids is 1. The van der Waals surface area contributed by atoms with Crippen LogP contribution in [0, 0.1) is 19.8 Å². The fourth-order valence-electron chi connectivity index (χ4n) is 3.08. The van der Waals surface area contributed by atoms with Gasteiger partial charge in [0.25, 0.3) is 0 Å². The van der Waals surface area contributed by atoms with Crippen molar-refractivity contribution >= 4 is 11.7 Å². The minimum Gasteiger partial charge on any atom is -0.481 e. The second-order valence-electron chi connectivity index (χ2n) is 5.60. The highest BCUT2D eigenvalue weighted by atomic mass is 16.4. The number of rotatable bonds is 4. The van der Waals surface area contributed by atoms with Gasteiger partial charge in [-0.2, -0.15) is 0 Å². The van der Waals surface area contributed by atoms with Crippen molar-refractivity contribution in [2.24, 2.45) is 5.92 Å². The molecule has 1 fully saturated rings. The van der Waals surface area contributed by atoms with Gasteiger partial charge in [-0.05, 0) is 50.2 Å². The highest BCUT2D eigenvalue weighted by molar-refractivity contribution is 5.66. The molecular formula is C16H23NO2. The Kier molecular flexibility index (Phi) is 4.46. The van der Waals surface area contributed by atoms with E-state index >= 15 is 0 Å². The number of carboxylic acids is 1. The second-order valence-corrected chi connectivity index (χ2v) is 5.60. The molecule has 1 saturated heterocycles. The Morgan fingerprint density at radius 1 is 1.26 bits per heavy atom. The van der Waals surface area contributed by atoms with Crippen LogP contribution in [0.25, 0.3) is 0 Å². The van der Waals surface area contributed by atoms with E-state index in [-0.39, 0.29) is 0 Å². The molecule has 1 aromatic carbocycles. The van der Waals surface area contributed by atoms with Crippen LogP contribution in [-0.2, 0) is 4.79 Å². The summed E-state index contributed by atoms with van der Waals surface area (Å²) in [5.41, 5.74) is 4.05. The Morgan fingerprint density at radius 3 is 2.37 bits per heavy atom. The van der Waals surface area contributed by atoms with E-state index in [0.717, 1.165) is 32.4 Å². The number of anilines is 1. The lowest BCUT2D eigenvalue weighted by atomic mass is 9.91. The van der Waals surface area contributed by atoms with E-state index in [1.54, 1.807) is 0 Å². The summed E-state index contributed by atoms with van der Waals surface area (Å²) in [5.74, 6) is -0.0890. The smallest absolute Gasteiger partial charge is 0.303 e. The third-order valence-corrected chi connectivity index (χ3v) is 4.14. The molecule has 1 heterocycles. The Morgan fingerprint density at radius 2 is 1.84 bits per heavy atom. The van der Waals surface area contributed by atoms with E-state index in [2.05, 4.69) is 36.9 Å². The molecular weight excluding hydrogens is 238 g/mol. The van der Waals surface area contributed by atoms with Crippen molar-refractivity contribution in [2.75, 3.05) is 18.0 Å². The number of para-hydroxylation sites is 1. The number of hydrogen-bond donors (Lipinski definition) is 1. The number of piperidine rings is 1. The Hall–Kier alpha value is -1.51. The van der Waals surface area contributed by atoms with E-state index in [0.29, 0.717) is 12.3 Å². The van der Waals surface area contributed by atoms with Crippen molar-refractivity contribution in [3.05, 3.63) is 29.3 Å². The van der Waals surface area contributed by atoms with Crippen LogP contribution >= 0.6 is 0 Å². The summed E-state index contributed by atoms with van der Waals surface area (Å²) < 4.78 is 0. The largest absolute Gasteiger partial charge is 0.481 e. The van der Waals surface area contributed by atoms with Gasteiger partial charge < -0.3 is 10.0 Å². The minimum absolute atomic E-state index is 0.314. The van der Waals surface area contributed by atoms with Crippen molar-refractivity contribution < 1.29 is 9.90 Å². The van der Waals surface area contributed by atoms with Gasteiger partial charge in [-0.25, -0.2) is 0 Å². The molecule has 0 amide bonds. The zero-order chi connectivity index (χ0) is 13.8. The second kappa shape index (κ2) is 6.09. The van der Waals surface area contributed by atoms with Crippen LogP contribution in [-0.4, -0.2) is 24.2 Å². The normalized spacial score (nSPS) is 16.6. The molecule has 0 aromatic heterocycles. The number of nitrogens with zero attached hydrogens (tertiary/aromatic N) is 1. The number of carboxylic acid groups (broad SMARTS) is 1. The van der Waals surface area contributed by atoms with Gasteiger partial charge in [0.1, 0.15) is 0 Å². The summed E-state index contributed by atoms with van der Waals surface area (Å²) in [6, 6.07) is 6.44. The first-order chi connectivity index (χ1) is 9.08. The third kappa shape index (κ3) is 3.49. The van der Waals surface area contributed by atoms with Crippen molar-refractivity contribution in [1.82, 2.24) is 0 Å². The van der Waals surface area contributed by atoms with E-state index in [1.807, 2.05) is 0 Å². The Bertz CT molecular complexity index is 428. The predicted molar refractivity (Wildman–Crippen MR) is 77.7 cm³/mol. The Labute approximate surface area is 115 Å². The highest BCUT2D eigenvalue weighted by Gasteiger charge is 2.21. The fraction of sp³-hybridized carbons (Fsp3) is 0.562. The molecule has 0 aliphatic carbocycles. The van der Waals surface area contributed by atoms with Crippen LogP contribution in [0.5, 0.6) is 0 Å². The molecule has 1 aromatic rings. The lowest BCUT2D eigenvalue weighted by Crippen LogP contribution is -2.34. The SMILES string of the molecule is Cc1cccc(C)c1N1CCC(CCC(=O)O)CC1. The summed E-state index contributed by atoms with van der Waals surface area (Å²) in [6.07, 6.45) is 3.37. The van der Waals surface area contributed by atoms with Crippen LogP contribution in [0.2, 0.25) is 0 Å². The molecule has 0 saturated carbocycles. The summed E-state index contributed by atoms with van der Waals surface area (Å²) in [7, 11) is 0. The van der Waals surface area contributed by atoms with E-state index in [4.69, 9.17) is 5.11 Å². The molecule has 0 bridgehead atoms. The molecule has 19 heavy (non-hydrogen) atoms. The molecule has 104 valence electrons. The zero-order valence-electron chi connectivity index (χ0n) is 11.9. The number of aryl methyl sites for hydroxylation is 2. The van der Waals surface area contributed by atoms with Gasteiger partial charge in [-0.3, -0.25) is 4.79 Å². The molecule has 2 rings (SSSR count). The summed E-state index contributed by atoms with van der Waals surface area (Å²) in [5, 5.41) is 8.74. The lowest BCUT2D eigenvalue weighted by Gasteiger charge is -2.35. The van der Waals surface area contributed by atoms with E-state index in [9.17, 15) is 4.79 Å². The maximum absolute atomic E-state index is 10.6. The lowest BCUT2D eigenvalue weighted by molar-refractivity contribution is -0.137. The molecule has 0 spiro atoms. The first-order valence-corrected chi connectivity index (χ1v) is 7.11. The maximum atomic E-state index is 10.6. The van der Waals surface area contributed by atoms with Crippen LogP contribution in [0.4, 0.5) is 5.69 Å². The quantitative estimate of drug-likeness (QED) is 0.903. The van der Waals surface area contributed by atoms with Crippen molar-refractivity contribution in [3.8, 4) is 0 Å². The molecule has 0 unspecified atom stereocenters. The average molecular weight is 261 g/mol. The van der Waals surface area contributed by atoms with Gasteiger partial charge in [0.15, 0.2) is 0 Å². The van der Waals surface area contributed by atoms with Gasteiger partial charge in [-0.1, -0.05) is 18.2 Å². The molecule has 1 aliphatic heterocycles. The number of hydrogen-bond acceptors (Lipinski definition) is 2. The maximum Gasteiger partial charge on any atom is 0.303 e. The van der Waals surface area contributed by atoms with Gasteiger partial charge >= 0.3 is 5.97 Å². The monoisotopic (exact) mass is 261 g/mol. The molecule has 0 atom stereocenters. The highest BCUT2D eigenvalue weighted by Crippen LogP contribution is 2.30. The van der Waals surface area contributed by atoms with Crippen LogP contribution in [0.15, 0.2) is 18.2 Å². The van der Waals surface area contributed by atoms with Gasteiger partial charge in [-0.15, -0.1) is 0 Å². The average Bonchev–Trinajstić information content (AvgIpc) is 2.37. The molecule has 1 aliphatic rings. The van der Waals surface area contributed by atoms with Gasteiger partial charge in [0.2, 0.25) is 0 Å². The van der Waals surface area contributed by atoms with E-state index < -0.39 is 5.97 Å². The minimum atomic E-state index is -0.669. The van der Waals surface area contributed by atoms with Crippen molar-refractivity contribution in [3.63, 3.8) is 0 Å². The molecule has 3 heteroatoms. The topological polar surface area (TPSA) is 40.5 Å². The van der Waals surface area contributed by atoms with Crippen molar-refractivity contribution in [1.29, 1.82) is 0 Å². The summed E-state index contributed by atoms with van der Waals surface area (Å²) >= 11 is 0. The molecule has 3 nitrogen and oxygen atoms in total. The number of benzene rings is 1. The van der Waals surface area contributed by atoms with E-state index in [1.165, 1.54) is 16.8 Å². The number of carbonyl (C=O) groups is 1. The van der Waals surface area contributed by atoms with Crippen LogP contribution < -0.4 is 4.90 Å². The van der Waals surface area contributed by atoms with Gasteiger partial charge in [0.05, 0.1) is 0 Å². The summed E-state index contributed by atoms with van der Waals surface area (Å²) in [6.45, 7) is 6.43. The first-order valence-electron chi connectivity index (χ1n) is 7.11. The fourth-order valence-corrected chi connectivity index (χ4v) is 3.08. The predicted octanol–water partition coefficient (Wildman–Crippen LogP) is 3.38. The summed E-state index contributed by atoms with van der Waals surface area (Å²) in [4.78, 5) is 13.1. The third-order valence-electron chi connectivity index (χ3n) is 4.14. The molecule has 1 N–H and O–H groups in total. The molecule has 0 radical (unpaired) electrons. The zero-order valence-corrected chi connectivity index (χ0v) is 11.9. The van der Waals surface area contributed by atoms with Crippen LogP contribution in [0.3, 0.4) is 0 Å². The van der Waals surface area contributed by atoms with Crippen LogP contribution in [0.1, 0.15) is 36.8 Å². The Balaban J connectivity index is 1.94. The van der Waals surface area contributed by atoms with Crippen molar-refractivity contribution in [2.45, 2.75) is 39.5 Å².